The first-order chi connectivity index (χ1) is 6.15. The summed E-state index contributed by atoms with van der Waals surface area (Å²) in [6.07, 6.45) is 0. The Bertz CT molecular complexity index is 331. The van der Waals surface area contributed by atoms with Crippen LogP contribution in [0.15, 0.2) is 24.3 Å². The van der Waals surface area contributed by atoms with Crippen molar-refractivity contribution in [2.45, 2.75) is 0 Å². The van der Waals surface area contributed by atoms with Gasteiger partial charge in [-0.2, -0.15) is 0 Å². The van der Waals surface area contributed by atoms with Crippen molar-refractivity contribution in [2.75, 3.05) is 7.11 Å². The number of carbonyl (C=O) groups excluding carboxylic acids is 1. The fraction of sp³-hybridized carbons (Fsp3) is 0.111. The molecule has 0 aliphatic rings. The second kappa shape index (κ2) is 5.80. The van der Waals surface area contributed by atoms with Crippen LogP contribution >= 0.6 is 0 Å². The molecule has 0 saturated heterocycles. The maximum atomic E-state index is 10.9. The molecule has 0 aliphatic carbocycles. The molecule has 0 amide bonds. The number of methoxy groups -OCH3 is 1. The minimum atomic E-state index is -1.02. The van der Waals surface area contributed by atoms with E-state index in [0.717, 1.165) is 0 Å². The molecule has 1 N–H and O–H groups in total. The van der Waals surface area contributed by atoms with Crippen LogP contribution < -0.4 is 0 Å². The van der Waals surface area contributed by atoms with E-state index in [1.807, 2.05) is 0 Å². The van der Waals surface area contributed by atoms with E-state index in [0.29, 0.717) is 5.56 Å². The molecule has 0 atom stereocenters. The molecule has 70 valence electrons. The van der Waals surface area contributed by atoms with Crippen LogP contribution in [0.2, 0.25) is 0 Å². The van der Waals surface area contributed by atoms with E-state index in [1.54, 1.807) is 0 Å². The van der Waals surface area contributed by atoms with Crippen LogP contribution in [0.1, 0.15) is 20.7 Å². The molecule has 0 aromatic heterocycles. The van der Waals surface area contributed by atoms with Gasteiger partial charge in [0.15, 0.2) is 0 Å². The molecular weight excluding hydrogens is 195 g/mol. The van der Waals surface area contributed by atoms with Gasteiger partial charge in [-0.3, -0.25) is 0 Å². The summed E-state index contributed by atoms with van der Waals surface area (Å²) in [6.45, 7) is 0. The zero-order chi connectivity index (χ0) is 9.84. The number of rotatable bonds is 2. The van der Waals surface area contributed by atoms with E-state index in [-0.39, 0.29) is 35.1 Å². The van der Waals surface area contributed by atoms with Crippen molar-refractivity contribution in [3.63, 3.8) is 0 Å². The van der Waals surface area contributed by atoms with E-state index >= 15 is 0 Å². The third kappa shape index (κ3) is 3.14. The van der Waals surface area contributed by atoms with Gasteiger partial charge in [-0.05, 0) is 24.3 Å². The fourth-order valence-electron chi connectivity index (χ4n) is 0.867. The molecular formula is C9H9NaO4. The van der Waals surface area contributed by atoms with Gasteiger partial charge < -0.3 is 9.84 Å². The summed E-state index contributed by atoms with van der Waals surface area (Å²) < 4.78 is 4.45. The van der Waals surface area contributed by atoms with Gasteiger partial charge in [0.25, 0.3) is 0 Å². The topological polar surface area (TPSA) is 63.6 Å². The molecule has 5 heteroatoms. The Morgan fingerprint density at radius 1 is 1.14 bits per heavy atom. The van der Waals surface area contributed by atoms with Crippen LogP contribution in [-0.4, -0.2) is 53.7 Å². The van der Waals surface area contributed by atoms with Crippen molar-refractivity contribution in [1.29, 1.82) is 0 Å². The van der Waals surface area contributed by atoms with Gasteiger partial charge in [-0.1, -0.05) is 0 Å². The van der Waals surface area contributed by atoms with Crippen LogP contribution in [0.4, 0.5) is 0 Å². The number of esters is 1. The Labute approximate surface area is 103 Å². The summed E-state index contributed by atoms with van der Waals surface area (Å²) >= 11 is 0. The maximum absolute atomic E-state index is 10.9. The molecule has 1 aromatic rings. The zero-order valence-electron chi connectivity index (χ0n) is 6.98. The van der Waals surface area contributed by atoms with Crippen LogP contribution in [0.3, 0.4) is 0 Å². The molecule has 0 spiro atoms. The van der Waals surface area contributed by atoms with Crippen LogP contribution in [-0.2, 0) is 4.74 Å². The quantitative estimate of drug-likeness (QED) is 0.563. The van der Waals surface area contributed by atoms with Gasteiger partial charge in [-0.15, -0.1) is 0 Å². The van der Waals surface area contributed by atoms with Crippen molar-refractivity contribution in [1.82, 2.24) is 0 Å². The molecule has 14 heavy (non-hydrogen) atoms. The van der Waals surface area contributed by atoms with Crippen LogP contribution in [0.5, 0.6) is 0 Å². The number of aromatic carboxylic acids is 1. The Kier molecular flexibility index (Phi) is 5.45. The average molecular weight is 204 g/mol. The molecule has 0 fully saturated rings. The van der Waals surface area contributed by atoms with E-state index in [2.05, 4.69) is 4.74 Å². The number of ether oxygens (including phenoxy) is 1. The number of benzene rings is 1. The summed E-state index contributed by atoms with van der Waals surface area (Å²) in [5.74, 6) is -1.49. The molecule has 4 nitrogen and oxygen atoms in total. The standard InChI is InChI=1S/C9H8O4.Na.H/c1-13-9(12)7-4-2-6(3-5-7)8(10)11;;/h2-5H,1H3,(H,10,11);;. The predicted molar refractivity (Wildman–Crippen MR) is 51.9 cm³/mol. The molecule has 0 saturated carbocycles. The van der Waals surface area contributed by atoms with E-state index in [9.17, 15) is 9.59 Å². The van der Waals surface area contributed by atoms with Crippen molar-refractivity contribution >= 4 is 41.5 Å². The fourth-order valence-corrected chi connectivity index (χ4v) is 0.867. The number of hydrogen-bond donors (Lipinski definition) is 1. The molecule has 0 unspecified atom stereocenters. The first kappa shape index (κ1) is 13.2. The normalized spacial score (nSPS) is 8.64. The third-order valence-electron chi connectivity index (χ3n) is 1.55. The Morgan fingerprint density at radius 2 is 1.57 bits per heavy atom. The number of carboxylic acids is 1. The molecule has 1 rings (SSSR count). The number of hydrogen-bond acceptors (Lipinski definition) is 3. The summed E-state index contributed by atoms with van der Waals surface area (Å²) in [5.41, 5.74) is 0.486. The SMILES string of the molecule is COC(=O)c1ccc(C(=O)O)cc1.[NaH]. The number of carbonyl (C=O) groups is 2. The zero-order valence-corrected chi connectivity index (χ0v) is 6.98. The average Bonchev–Trinajstić information content (AvgIpc) is 2.17. The van der Waals surface area contributed by atoms with Gasteiger partial charge in [0.2, 0.25) is 0 Å². The summed E-state index contributed by atoms with van der Waals surface area (Å²) in [7, 11) is 1.27. The second-order valence-electron chi connectivity index (χ2n) is 2.37. The summed E-state index contributed by atoms with van der Waals surface area (Å²) in [6, 6.07) is 5.54. The van der Waals surface area contributed by atoms with Gasteiger partial charge in [0.05, 0.1) is 18.2 Å². The van der Waals surface area contributed by atoms with E-state index < -0.39 is 11.9 Å². The van der Waals surface area contributed by atoms with Crippen molar-refractivity contribution in [3.8, 4) is 0 Å². The first-order valence-electron chi connectivity index (χ1n) is 3.57. The van der Waals surface area contributed by atoms with Gasteiger partial charge in [0, 0.05) is 0 Å². The first-order valence-corrected chi connectivity index (χ1v) is 3.57. The molecule has 0 heterocycles. The molecule has 0 radical (unpaired) electrons. The predicted octanol–water partition coefficient (Wildman–Crippen LogP) is 0.523. The Hall–Kier alpha value is -0.840. The second-order valence-corrected chi connectivity index (χ2v) is 2.37. The molecule has 1 aromatic carbocycles. The van der Waals surface area contributed by atoms with Gasteiger partial charge in [0.1, 0.15) is 0 Å². The van der Waals surface area contributed by atoms with Crippen molar-refractivity contribution in [2.24, 2.45) is 0 Å². The summed E-state index contributed by atoms with van der Waals surface area (Å²) in [5, 5.41) is 8.56. The van der Waals surface area contributed by atoms with Gasteiger partial charge in [-0.25, -0.2) is 9.59 Å². The third-order valence-corrected chi connectivity index (χ3v) is 1.55. The minimum absolute atomic E-state index is 0. The van der Waals surface area contributed by atoms with Crippen LogP contribution in [0, 0.1) is 0 Å². The van der Waals surface area contributed by atoms with Crippen molar-refractivity contribution in [3.05, 3.63) is 35.4 Å². The monoisotopic (exact) mass is 204 g/mol. The van der Waals surface area contributed by atoms with E-state index in [1.165, 1.54) is 31.4 Å². The van der Waals surface area contributed by atoms with E-state index in [4.69, 9.17) is 5.11 Å². The summed E-state index contributed by atoms with van der Waals surface area (Å²) in [4.78, 5) is 21.4. The number of carboxylic acid groups (broad SMARTS) is 1. The molecule has 0 bridgehead atoms. The van der Waals surface area contributed by atoms with Crippen LogP contribution in [0.25, 0.3) is 0 Å². The Morgan fingerprint density at radius 3 is 1.93 bits per heavy atom. The molecule has 0 aliphatic heterocycles. The Balaban J connectivity index is 0.00000169. The van der Waals surface area contributed by atoms with Gasteiger partial charge >= 0.3 is 41.5 Å². The van der Waals surface area contributed by atoms with Crippen molar-refractivity contribution < 1.29 is 19.4 Å².